The molecule has 0 bridgehead atoms. The van der Waals surface area contributed by atoms with E-state index in [2.05, 4.69) is 19.9 Å². The maximum atomic E-state index is 6.04. The minimum absolute atomic E-state index is 0. The van der Waals surface area contributed by atoms with Gasteiger partial charge in [-0.05, 0) is 0 Å². The van der Waals surface area contributed by atoms with Crippen LogP contribution in [-0.4, -0.2) is 28.2 Å². The third kappa shape index (κ3) is 2.38. The molecule has 1 heterocycles. The molecule has 1 aromatic carbocycles. The van der Waals surface area contributed by atoms with Gasteiger partial charge in [0.1, 0.15) is 0 Å². The summed E-state index contributed by atoms with van der Waals surface area (Å²) in [7, 11) is 2.00. The molecule has 0 fully saturated rings. The van der Waals surface area contributed by atoms with Crippen molar-refractivity contribution >= 4 is 44.6 Å². The summed E-state index contributed by atoms with van der Waals surface area (Å²) < 4.78 is 3.27. The second-order valence-corrected chi connectivity index (χ2v) is 19.5. The van der Waals surface area contributed by atoms with E-state index in [-0.39, 0.29) is 8.85 Å². The van der Waals surface area contributed by atoms with E-state index in [1.54, 1.807) is 0 Å². The molecular weight excluding hydrogens is 326 g/mol. The van der Waals surface area contributed by atoms with Crippen LogP contribution >= 0.6 is 11.6 Å². The van der Waals surface area contributed by atoms with Gasteiger partial charge in [0.2, 0.25) is 0 Å². The normalized spacial score (nSPS) is 11.6. The molecule has 0 aliphatic rings. The molecule has 0 aliphatic carbocycles. The summed E-state index contributed by atoms with van der Waals surface area (Å²) in [6.07, 6.45) is 0. The van der Waals surface area contributed by atoms with Crippen LogP contribution in [0.1, 0.15) is 8.85 Å². The van der Waals surface area contributed by atoms with E-state index in [4.69, 9.17) is 11.6 Å². The predicted molar refractivity (Wildman–Crippen MR) is 77.5 cm³/mol. The monoisotopic (exact) mass is 349 g/mol. The van der Waals surface area contributed by atoms with Crippen molar-refractivity contribution in [3.8, 4) is 0 Å². The molecule has 0 radical (unpaired) electrons. The zero-order valence-corrected chi connectivity index (χ0v) is 13.1. The van der Waals surface area contributed by atoms with Gasteiger partial charge in [0.05, 0.1) is 0 Å². The van der Waals surface area contributed by atoms with Crippen LogP contribution in [-0.2, 0) is 7.05 Å². The van der Waals surface area contributed by atoms with Crippen molar-refractivity contribution in [2.24, 2.45) is 7.05 Å². The van der Waals surface area contributed by atoms with Crippen LogP contribution in [0, 0.1) is 0 Å². The Bertz CT molecular complexity index is 517. The predicted octanol–water partition coefficient (Wildman–Crippen LogP) is 3.65. The summed E-state index contributed by atoms with van der Waals surface area (Å²) in [6, 6.07) is 6.01. The zero-order valence-electron chi connectivity index (χ0n) is 9.50. The summed E-state index contributed by atoms with van der Waals surface area (Å²) in [5, 5.41) is 6.70. The Morgan fingerprint density at radius 3 is 2.50 bits per heavy atom. The number of aromatic nitrogens is 2. The molecule has 0 amide bonds. The van der Waals surface area contributed by atoms with E-state index in [1.165, 1.54) is 14.6 Å². The number of fused-ring (bicyclic) bond motifs is 1. The smallest absolute Gasteiger partial charge is 0 e. The summed E-state index contributed by atoms with van der Waals surface area (Å²) >= 11 is 3.91. The summed E-state index contributed by atoms with van der Waals surface area (Å²) in [5.41, 5.74) is 1.18. The van der Waals surface area contributed by atoms with Crippen LogP contribution in [0.25, 0.3) is 10.9 Å². The van der Waals surface area contributed by atoms with Gasteiger partial charge >= 0.3 is 99.5 Å². The van der Waals surface area contributed by atoms with E-state index >= 15 is 0 Å². The van der Waals surface area contributed by atoms with Gasteiger partial charge in [-0.1, -0.05) is 7.43 Å². The van der Waals surface area contributed by atoms with Crippen LogP contribution in [0.4, 0.5) is 0 Å². The van der Waals surface area contributed by atoms with Crippen molar-refractivity contribution in [1.82, 2.24) is 9.78 Å². The van der Waals surface area contributed by atoms with Gasteiger partial charge in [-0.25, -0.2) is 0 Å². The number of rotatable bonds is 1. The fourth-order valence-corrected chi connectivity index (χ4v) is 6.13. The zero-order chi connectivity index (χ0) is 11.2. The molecule has 0 unspecified atom stereocenters. The third-order valence-electron chi connectivity index (χ3n) is 2.52. The molecule has 2 rings (SSSR count). The Kier molecular flexibility index (Phi) is 3.95. The fourth-order valence-electron chi connectivity index (χ4n) is 1.79. The molecule has 16 heavy (non-hydrogen) atoms. The Hall–Kier alpha value is -0.221. The second-order valence-electron chi connectivity index (χ2n) is 4.88. The van der Waals surface area contributed by atoms with E-state index in [1.807, 2.05) is 29.9 Å². The Morgan fingerprint density at radius 1 is 1.31 bits per heavy atom. The molecule has 0 saturated carbocycles. The van der Waals surface area contributed by atoms with E-state index < -0.39 is 18.4 Å². The molecular formula is C12H21ClN2Sn. The maximum absolute atomic E-state index is 6.04. The molecule has 90 valence electrons. The molecule has 1 aromatic heterocycles. The average molecular weight is 348 g/mol. The topological polar surface area (TPSA) is 17.8 Å². The van der Waals surface area contributed by atoms with Crippen molar-refractivity contribution in [2.45, 2.75) is 22.2 Å². The van der Waals surface area contributed by atoms with Gasteiger partial charge in [-0.15, -0.1) is 0 Å². The Labute approximate surface area is 108 Å². The fraction of sp³-hybridized carbons (Fsp3) is 0.417. The van der Waals surface area contributed by atoms with Crippen molar-refractivity contribution in [3.63, 3.8) is 0 Å². The third-order valence-corrected chi connectivity index (χ3v) is 7.87. The summed E-state index contributed by atoms with van der Waals surface area (Å²) in [6.45, 7) is 0. The molecule has 0 aliphatic heterocycles. The average Bonchev–Trinajstić information content (AvgIpc) is 2.42. The van der Waals surface area contributed by atoms with Crippen LogP contribution < -0.4 is 3.71 Å². The number of nitrogens with zero attached hydrogens (tertiary/aromatic N) is 2. The first kappa shape index (κ1) is 13.8. The van der Waals surface area contributed by atoms with Crippen LogP contribution in [0.5, 0.6) is 0 Å². The van der Waals surface area contributed by atoms with E-state index in [0.717, 1.165) is 5.02 Å². The number of aryl methyl sites for hydroxylation is 1. The number of hydrogen-bond donors (Lipinski definition) is 0. The number of halogens is 1. The molecule has 0 N–H and O–H groups in total. The summed E-state index contributed by atoms with van der Waals surface area (Å²) in [5.74, 6) is 0. The van der Waals surface area contributed by atoms with Gasteiger partial charge in [0.25, 0.3) is 0 Å². The van der Waals surface area contributed by atoms with Gasteiger partial charge in [-0.2, -0.15) is 0 Å². The van der Waals surface area contributed by atoms with Gasteiger partial charge in [-0.3, -0.25) is 0 Å². The van der Waals surface area contributed by atoms with Crippen LogP contribution in [0.15, 0.2) is 18.2 Å². The second kappa shape index (κ2) is 4.57. The number of hydrogen-bond acceptors (Lipinski definition) is 1. The van der Waals surface area contributed by atoms with Crippen LogP contribution in [0.2, 0.25) is 19.8 Å². The van der Waals surface area contributed by atoms with Crippen molar-refractivity contribution in [1.29, 1.82) is 0 Å². The minimum Gasteiger partial charge on any atom is 0 e. The van der Waals surface area contributed by atoms with Gasteiger partial charge in [0.15, 0.2) is 0 Å². The maximum Gasteiger partial charge on any atom is 0 e. The summed E-state index contributed by atoms with van der Waals surface area (Å²) in [4.78, 5) is 7.12. The minimum atomic E-state index is -2.13. The molecule has 2 nitrogen and oxygen atoms in total. The van der Waals surface area contributed by atoms with E-state index in [9.17, 15) is 0 Å². The van der Waals surface area contributed by atoms with E-state index in [0.29, 0.717) is 0 Å². The number of benzene rings is 1. The quantitative estimate of drug-likeness (QED) is 0.719. The SMILES string of the molecule is C.Cn1n[c]([Sn]([CH3])([CH3])[CH3])c2cc(Cl)ccc21.[2HH]. The first-order valence-corrected chi connectivity index (χ1v) is 15.4. The first-order valence-electron chi connectivity index (χ1n) is 5.02. The Balaban J connectivity index is 0.00000128. The standard InChI is InChI=1S/C8H6ClN2.CH4.3CH3.Sn.H2/c1-11-8-3-2-7(9)4-6(8)5-10-11;;;;;;/h2-4H,1H3;1H4;3*1H3;;1H/i;;;;;;1+1. The Morgan fingerprint density at radius 2 is 1.94 bits per heavy atom. The molecule has 0 saturated heterocycles. The molecule has 4 heteroatoms. The van der Waals surface area contributed by atoms with Gasteiger partial charge in [0, 0.05) is 1.43 Å². The van der Waals surface area contributed by atoms with Crippen LogP contribution in [0.3, 0.4) is 0 Å². The molecule has 0 atom stereocenters. The largest absolute Gasteiger partial charge is 0 e. The van der Waals surface area contributed by atoms with Crippen molar-refractivity contribution < 1.29 is 1.43 Å². The first-order chi connectivity index (χ1) is 6.89. The van der Waals surface area contributed by atoms with Crippen molar-refractivity contribution in [2.75, 3.05) is 0 Å². The van der Waals surface area contributed by atoms with Gasteiger partial charge < -0.3 is 0 Å². The van der Waals surface area contributed by atoms with Crippen molar-refractivity contribution in [3.05, 3.63) is 23.2 Å². The molecule has 2 aromatic rings. The molecule has 0 spiro atoms.